The molecule has 2 saturated carbocycles. The predicted octanol–water partition coefficient (Wildman–Crippen LogP) is 2.71. The Morgan fingerprint density at radius 1 is 1.00 bits per heavy atom. The van der Waals surface area contributed by atoms with E-state index in [0.717, 1.165) is 24.8 Å². The van der Waals surface area contributed by atoms with E-state index in [4.69, 9.17) is 0 Å². The minimum absolute atomic E-state index is 0.0868. The highest BCUT2D eigenvalue weighted by Gasteiger charge is 2.24. The number of aliphatic hydroxyl groups is 1. The van der Waals surface area contributed by atoms with Crippen LogP contribution in [0.15, 0.2) is 0 Å². The van der Waals surface area contributed by atoms with E-state index in [1.165, 1.54) is 44.9 Å². The second-order valence-electron chi connectivity index (χ2n) is 5.99. The van der Waals surface area contributed by atoms with Gasteiger partial charge in [-0.2, -0.15) is 0 Å². The molecular formula is C14H27NO. The largest absolute Gasteiger partial charge is 0.392 e. The van der Waals surface area contributed by atoms with Gasteiger partial charge in [0.25, 0.3) is 0 Å². The molecule has 0 unspecified atom stereocenters. The summed E-state index contributed by atoms with van der Waals surface area (Å²) in [6, 6.07) is 0.382. The molecule has 2 rings (SSSR count). The molecule has 0 aromatic carbocycles. The lowest BCUT2D eigenvalue weighted by Crippen LogP contribution is -2.44. The predicted molar refractivity (Wildman–Crippen MR) is 67.4 cm³/mol. The van der Waals surface area contributed by atoms with Gasteiger partial charge in [0, 0.05) is 6.04 Å². The average Bonchev–Trinajstić information content (AvgIpc) is 2.30. The van der Waals surface area contributed by atoms with E-state index < -0.39 is 0 Å². The second-order valence-corrected chi connectivity index (χ2v) is 5.99. The van der Waals surface area contributed by atoms with Crippen LogP contribution >= 0.6 is 0 Å². The molecule has 0 aromatic rings. The quantitative estimate of drug-likeness (QED) is 0.774. The van der Waals surface area contributed by atoms with E-state index in [1.807, 2.05) is 0 Å². The van der Waals surface area contributed by atoms with Gasteiger partial charge in [0.05, 0.1) is 6.10 Å². The zero-order valence-electron chi connectivity index (χ0n) is 10.6. The van der Waals surface area contributed by atoms with Crippen LogP contribution in [0.2, 0.25) is 0 Å². The summed E-state index contributed by atoms with van der Waals surface area (Å²) in [5.74, 6) is 1.81. The zero-order chi connectivity index (χ0) is 11.4. The molecule has 2 heteroatoms. The number of aliphatic hydroxyl groups excluding tert-OH is 1. The molecule has 2 N–H and O–H groups in total. The molecule has 2 atom stereocenters. The van der Waals surface area contributed by atoms with Gasteiger partial charge in [0.15, 0.2) is 0 Å². The molecule has 0 aromatic heterocycles. The summed E-state index contributed by atoms with van der Waals surface area (Å²) in [6.45, 7) is 3.50. The Morgan fingerprint density at radius 2 is 1.69 bits per heavy atom. The fraction of sp³-hybridized carbons (Fsp3) is 1.00. The van der Waals surface area contributed by atoms with Crippen LogP contribution in [0, 0.1) is 11.8 Å². The van der Waals surface area contributed by atoms with E-state index >= 15 is 0 Å². The normalized spacial score (nSPS) is 40.9. The molecule has 0 saturated heterocycles. The van der Waals surface area contributed by atoms with Crippen molar-refractivity contribution in [3.63, 3.8) is 0 Å². The molecule has 0 spiro atoms. The molecule has 2 aliphatic rings. The maximum Gasteiger partial charge on any atom is 0.0693 e. The lowest BCUT2D eigenvalue weighted by molar-refractivity contribution is 0.0870. The molecule has 0 aliphatic heterocycles. The Labute approximate surface area is 99.8 Å². The van der Waals surface area contributed by atoms with Gasteiger partial charge in [-0.15, -0.1) is 0 Å². The van der Waals surface area contributed by atoms with Crippen molar-refractivity contribution in [1.82, 2.24) is 5.32 Å². The third-order valence-electron chi connectivity index (χ3n) is 4.53. The average molecular weight is 225 g/mol. The highest BCUT2D eigenvalue weighted by Crippen LogP contribution is 2.28. The maximum absolute atomic E-state index is 9.88. The van der Waals surface area contributed by atoms with Gasteiger partial charge in [-0.25, -0.2) is 0 Å². The Bertz CT molecular complexity index is 199. The first kappa shape index (κ1) is 12.4. The van der Waals surface area contributed by atoms with Crippen LogP contribution in [0.5, 0.6) is 0 Å². The van der Waals surface area contributed by atoms with Crippen molar-refractivity contribution < 1.29 is 5.11 Å². The van der Waals surface area contributed by atoms with Crippen molar-refractivity contribution in [1.29, 1.82) is 0 Å². The first-order chi connectivity index (χ1) is 7.75. The van der Waals surface area contributed by atoms with Crippen LogP contribution in [-0.4, -0.2) is 23.8 Å². The summed E-state index contributed by atoms with van der Waals surface area (Å²) in [4.78, 5) is 0. The summed E-state index contributed by atoms with van der Waals surface area (Å²) in [7, 11) is 0. The van der Waals surface area contributed by atoms with Crippen molar-refractivity contribution in [2.24, 2.45) is 11.8 Å². The number of nitrogens with one attached hydrogen (secondary N) is 1. The van der Waals surface area contributed by atoms with Crippen LogP contribution in [0.25, 0.3) is 0 Å². The molecule has 2 fully saturated rings. The number of hydrogen-bond acceptors (Lipinski definition) is 2. The fourth-order valence-electron chi connectivity index (χ4n) is 3.20. The van der Waals surface area contributed by atoms with Crippen molar-refractivity contribution in [2.75, 3.05) is 6.54 Å². The van der Waals surface area contributed by atoms with Crippen molar-refractivity contribution in [2.45, 2.75) is 70.4 Å². The Balaban J connectivity index is 1.66. The van der Waals surface area contributed by atoms with E-state index in [-0.39, 0.29) is 6.10 Å². The monoisotopic (exact) mass is 225 g/mol. The van der Waals surface area contributed by atoms with Crippen molar-refractivity contribution >= 4 is 0 Å². The first-order valence-corrected chi connectivity index (χ1v) is 7.17. The summed E-state index contributed by atoms with van der Waals surface area (Å²) >= 11 is 0. The van der Waals surface area contributed by atoms with E-state index in [2.05, 4.69) is 12.2 Å². The standard InChI is InChI=1S/C14H27NO/c1-11-6-8-12(9-7-11)10-15-13-4-2-3-5-14(13)16/h11-16H,2-10H2,1H3/t11?,12?,13-,14-/m0/s1. The molecular weight excluding hydrogens is 198 g/mol. The van der Waals surface area contributed by atoms with Crippen molar-refractivity contribution in [3.8, 4) is 0 Å². The molecule has 16 heavy (non-hydrogen) atoms. The fourth-order valence-corrected chi connectivity index (χ4v) is 3.20. The van der Waals surface area contributed by atoms with Crippen LogP contribution in [0.4, 0.5) is 0 Å². The van der Waals surface area contributed by atoms with Gasteiger partial charge in [0.1, 0.15) is 0 Å². The van der Waals surface area contributed by atoms with Gasteiger partial charge in [-0.05, 0) is 44.1 Å². The lowest BCUT2D eigenvalue weighted by atomic mass is 9.82. The lowest BCUT2D eigenvalue weighted by Gasteiger charge is -2.32. The van der Waals surface area contributed by atoms with E-state index in [1.54, 1.807) is 0 Å². The Hall–Kier alpha value is -0.0800. The van der Waals surface area contributed by atoms with Gasteiger partial charge in [-0.1, -0.05) is 32.6 Å². The highest BCUT2D eigenvalue weighted by atomic mass is 16.3. The minimum Gasteiger partial charge on any atom is -0.392 e. The Kier molecular flexibility index (Phi) is 4.66. The van der Waals surface area contributed by atoms with Gasteiger partial charge in [-0.3, -0.25) is 0 Å². The first-order valence-electron chi connectivity index (χ1n) is 7.17. The summed E-state index contributed by atoms with van der Waals surface area (Å²) in [5.41, 5.74) is 0. The van der Waals surface area contributed by atoms with Gasteiger partial charge < -0.3 is 10.4 Å². The van der Waals surface area contributed by atoms with Crippen LogP contribution in [0.3, 0.4) is 0 Å². The van der Waals surface area contributed by atoms with Gasteiger partial charge in [0.2, 0.25) is 0 Å². The highest BCUT2D eigenvalue weighted by molar-refractivity contribution is 4.82. The molecule has 0 radical (unpaired) electrons. The van der Waals surface area contributed by atoms with Crippen LogP contribution in [0.1, 0.15) is 58.3 Å². The van der Waals surface area contributed by atoms with Crippen LogP contribution in [-0.2, 0) is 0 Å². The molecule has 2 aliphatic carbocycles. The summed E-state index contributed by atoms with van der Waals surface area (Å²) in [6.07, 6.45) is 10.2. The van der Waals surface area contributed by atoms with Crippen LogP contribution < -0.4 is 5.32 Å². The summed E-state index contributed by atoms with van der Waals surface area (Å²) < 4.78 is 0. The van der Waals surface area contributed by atoms with E-state index in [9.17, 15) is 5.11 Å². The third kappa shape index (κ3) is 3.46. The number of rotatable bonds is 3. The minimum atomic E-state index is -0.0868. The third-order valence-corrected chi connectivity index (χ3v) is 4.53. The van der Waals surface area contributed by atoms with Gasteiger partial charge >= 0.3 is 0 Å². The topological polar surface area (TPSA) is 32.3 Å². The van der Waals surface area contributed by atoms with E-state index in [0.29, 0.717) is 6.04 Å². The maximum atomic E-state index is 9.88. The summed E-state index contributed by atoms with van der Waals surface area (Å²) in [5, 5.41) is 13.5. The van der Waals surface area contributed by atoms with Crippen molar-refractivity contribution in [3.05, 3.63) is 0 Å². The number of hydrogen-bond donors (Lipinski definition) is 2. The second kappa shape index (κ2) is 6.02. The molecule has 2 nitrogen and oxygen atoms in total. The Morgan fingerprint density at radius 3 is 2.38 bits per heavy atom. The molecule has 0 amide bonds. The smallest absolute Gasteiger partial charge is 0.0693 e. The SMILES string of the molecule is CC1CCC(CN[C@H]2CCCC[C@@H]2O)CC1. The molecule has 0 heterocycles. The molecule has 94 valence electrons. The zero-order valence-corrected chi connectivity index (χ0v) is 10.6. The molecule has 0 bridgehead atoms.